The Labute approximate surface area is 113 Å². The highest BCUT2D eigenvalue weighted by Crippen LogP contribution is 2.28. The molecule has 0 bridgehead atoms. The molecule has 0 heterocycles. The fourth-order valence-electron chi connectivity index (χ4n) is 1.74. The maximum Gasteiger partial charge on any atom is 0.218 e. The summed E-state index contributed by atoms with van der Waals surface area (Å²) in [5.41, 5.74) is 7.00. The van der Waals surface area contributed by atoms with Crippen LogP contribution in [0.2, 0.25) is 0 Å². The molecule has 0 unspecified atom stereocenters. The summed E-state index contributed by atoms with van der Waals surface area (Å²) < 4.78 is 25.6. The molecule has 18 heavy (non-hydrogen) atoms. The summed E-state index contributed by atoms with van der Waals surface area (Å²) in [5.74, 6) is 0.0254. The predicted molar refractivity (Wildman–Crippen MR) is 75.7 cm³/mol. The van der Waals surface area contributed by atoms with E-state index in [4.69, 9.17) is 18.0 Å². The Hall–Kier alpha value is -0.980. The Bertz CT molecular complexity index is 548. The van der Waals surface area contributed by atoms with Crippen molar-refractivity contribution in [3.63, 3.8) is 0 Å². The van der Waals surface area contributed by atoms with Crippen LogP contribution in [0.3, 0.4) is 0 Å². The van der Waals surface area contributed by atoms with Crippen molar-refractivity contribution in [1.82, 2.24) is 4.31 Å². The number of rotatable bonds is 5. The number of nitrogens with zero attached hydrogens (tertiary/aromatic N) is 1. The molecule has 0 aliphatic heterocycles. The molecule has 0 amide bonds. The lowest BCUT2D eigenvalue weighted by Crippen LogP contribution is -2.30. The first kappa shape index (κ1) is 13.5. The first-order chi connectivity index (χ1) is 8.40. The molecule has 0 saturated heterocycles. The van der Waals surface area contributed by atoms with Crippen LogP contribution < -0.4 is 5.73 Å². The molecule has 2 N–H and O–H groups in total. The van der Waals surface area contributed by atoms with Gasteiger partial charge in [-0.1, -0.05) is 36.5 Å². The van der Waals surface area contributed by atoms with E-state index < -0.39 is 10.0 Å². The predicted octanol–water partition coefficient (Wildman–Crippen LogP) is 1.24. The zero-order valence-electron chi connectivity index (χ0n) is 10.2. The monoisotopic (exact) mass is 284 g/mol. The van der Waals surface area contributed by atoms with Crippen molar-refractivity contribution >= 4 is 27.2 Å². The molecule has 1 aromatic rings. The quantitative estimate of drug-likeness (QED) is 0.826. The van der Waals surface area contributed by atoms with Gasteiger partial charge in [0.05, 0.1) is 5.75 Å². The molecule has 4 nitrogen and oxygen atoms in total. The largest absolute Gasteiger partial charge is 0.389 e. The van der Waals surface area contributed by atoms with E-state index in [1.54, 1.807) is 31.3 Å². The highest BCUT2D eigenvalue weighted by Gasteiger charge is 2.33. The smallest absolute Gasteiger partial charge is 0.218 e. The van der Waals surface area contributed by atoms with Crippen LogP contribution in [0.15, 0.2) is 24.3 Å². The number of sulfonamides is 1. The van der Waals surface area contributed by atoms with E-state index in [1.807, 2.05) is 0 Å². The van der Waals surface area contributed by atoms with Gasteiger partial charge in [0.15, 0.2) is 0 Å². The number of hydrogen-bond acceptors (Lipinski definition) is 3. The SMILES string of the molecule is CN(C1CC1)S(=O)(=O)Cc1ccc(C(N)=S)cc1. The number of hydrogen-bond donors (Lipinski definition) is 1. The molecular weight excluding hydrogens is 268 g/mol. The number of benzene rings is 1. The van der Waals surface area contributed by atoms with Crippen LogP contribution in [-0.4, -0.2) is 30.8 Å². The van der Waals surface area contributed by atoms with Crippen molar-refractivity contribution < 1.29 is 8.42 Å². The number of nitrogens with two attached hydrogens (primary N) is 1. The van der Waals surface area contributed by atoms with Crippen LogP contribution in [0.1, 0.15) is 24.0 Å². The van der Waals surface area contributed by atoms with E-state index in [1.165, 1.54) is 4.31 Å². The molecular formula is C12H16N2O2S2. The molecule has 1 aromatic carbocycles. The van der Waals surface area contributed by atoms with Gasteiger partial charge in [0.1, 0.15) is 4.99 Å². The van der Waals surface area contributed by atoms with Crippen molar-refractivity contribution in [2.45, 2.75) is 24.6 Å². The maximum atomic E-state index is 12.1. The minimum Gasteiger partial charge on any atom is -0.389 e. The lowest BCUT2D eigenvalue weighted by Gasteiger charge is -2.16. The molecule has 1 aliphatic rings. The average molecular weight is 284 g/mol. The van der Waals surface area contributed by atoms with Crippen LogP contribution in [0.5, 0.6) is 0 Å². The van der Waals surface area contributed by atoms with Crippen molar-refractivity contribution in [2.24, 2.45) is 5.73 Å². The third kappa shape index (κ3) is 3.07. The van der Waals surface area contributed by atoms with Gasteiger partial charge in [-0.05, 0) is 18.4 Å². The second kappa shape index (κ2) is 4.95. The van der Waals surface area contributed by atoms with Crippen LogP contribution in [0, 0.1) is 0 Å². The average Bonchev–Trinajstić information content (AvgIpc) is 3.12. The van der Waals surface area contributed by atoms with Crippen LogP contribution in [0.25, 0.3) is 0 Å². The summed E-state index contributed by atoms with van der Waals surface area (Å²) >= 11 is 4.85. The fraction of sp³-hybridized carbons (Fsp3) is 0.417. The second-order valence-corrected chi connectivity index (χ2v) is 7.03. The van der Waals surface area contributed by atoms with Gasteiger partial charge in [-0.2, -0.15) is 0 Å². The lowest BCUT2D eigenvalue weighted by atomic mass is 10.1. The topological polar surface area (TPSA) is 63.4 Å². The minimum absolute atomic E-state index is 0.0254. The summed E-state index contributed by atoms with van der Waals surface area (Å²) in [4.78, 5) is 0.319. The third-order valence-electron chi connectivity index (χ3n) is 3.09. The maximum absolute atomic E-state index is 12.1. The van der Waals surface area contributed by atoms with Gasteiger partial charge in [-0.15, -0.1) is 0 Å². The van der Waals surface area contributed by atoms with Gasteiger partial charge in [0.2, 0.25) is 10.0 Å². The van der Waals surface area contributed by atoms with Crippen LogP contribution in [0.4, 0.5) is 0 Å². The standard InChI is InChI=1S/C12H16N2O2S2/c1-14(11-6-7-11)18(15,16)8-9-2-4-10(5-3-9)12(13)17/h2-5,11H,6-8H2,1H3,(H2,13,17). The van der Waals surface area contributed by atoms with E-state index in [2.05, 4.69) is 0 Å². The third-order valence-corrected chi connectivity index (χ3v) is 5.20. The highest BCUT2D eigenvalue weighted by atomic mass is 32.2. The van der Waals surface area contributed by atoms with Gasteiger partial charge >= 0.3 is 0 Å². The van der Waals surface area contributed by atoms with Gasteiger partial charge in [0.25, 0.3) is 0 Å². The molecule has 0 atom stereocenters. The van der Waals surface area contributed by atoms with E-state index in [0.717, 1.165) is 24.0 Å². The Morgan fingerprint density at radius 2 is 1.94 bits per heavy atom. The van der Waals surface area contributed by atoms with Crippen LogP contribution in [-0.2, 0) is 15.8 Å². The zero-order chi connectivity index (χ0) is 13.3. The van der Waals surface area contributed by atoms with Crippen molar-refractivity contribution in [2.75, 3.05) is 7.05 Å². The van der Waals surface area contributed by atoms with Crippen molar-refractivity contribution in [1.29, 1.82) is 0 Å². The minimum atomic E-state index is -3.21. The zero-order valence-corrected chi connectivity index (χ0v) is 11.8. The molecule has 1 fully saturated rings. The summed E-state index contributed by atoms with van der Waals surface area (Å²) in [6.45, 7) is 0. The molecule has 6 heteroatoms. The Morgan fingerprint density at radius 3 is 2.39 bits per heavy atom. The molecule has 2 rings (SSSR count). The fourth-order valence-corrected chi connectivity index (χ4v) is 3.36. The summed E-state index contributed by atoms with van der Waals surface area (Å²) in [5, 5.41) is 0. The molecule has 98 valence electrons. The van der Waals surface area contributed by atoms with Crippen molar-refractivity contribution in [3.8, 4) is 0 Å². The van der Waals surface area contributed by atoms with E-state index in [9.17, 15) is 8.42 Å². The van der Waals surface area contributed by atoms with Gasteiger partial charge in [0, 0.05) is 18.7 Å². The van der Waals surface area contributed by atoms with Gasteiger partial charge < -0.3 is 5.73 Å². The van der Waals surface area contributed by atoms with Crippen LogP contribution >= 0.6 is 12.2 Å². The summed E-state index contributed by atoms with van der Waals surface area (Å²) in [7, 11) is -1.56. The Balaban J connectivity index is 2.11. The Morgan fingerprint density at radius 1 is 1.39 bits per heavy atom. The summed E-state index contributed by atoms with van der Waals surface area (Å²) in [6.07, 6.45) is 1.94. The molecule has 0 radical (unpaired) electrons. The second-order valence-electron chi connectivity index (χ2n) is 4.56. The van der Waals surface area contributed by atoms with Gasteiger partial charge in [-0.3, -0.25) is 0 Å². The normalized spacial score (nSPS) is 15.9. The Kier molecular flexibility index (Phi) is 3.70. The first-order valence-electron chi connectivity index (χ1n) is 5.74. The van der Waals surface area contributed by atoms with Gasteiger partial charge in [-0.25, -0.2) is 12.7 Å². The molecule has 1 saturated carbocycles. The van der Waals surface area contributed by atoms with E-state index in [-0.39, 0.29) is 11.8 Å². The number of thiocarbonyl (C=S) groups is 1. The van der Waals surface area contributed by atoms with Crippen molar-refractivity contribution in [3.05, 3.63) is 35.4 Å². The first-order valence-corrected chi connectivity index (χ1v) is 7.76. The van der Waals surface area contributed by atoms with E-state index >= 15 is 0 Å². The molecule has 0 spiro atoms. The highest BCUT2D eigenvalue weighted by molar-refractivity contribution is 7.88. The molecule has 0 aromatic heterocycles. The lowest BCUT2D eigenvalue weighted by molar-refractivity contribution is 0.463. The van der Waals surface area contributed by atoms with E-state index in [0.29, 0.717) is 4.99 Å². The molecule has 1 aliphatic carbocycles. The summed E-state index contributed by atoms with van der Waals surface area (Å²) in [6, 6.07) is 7.22.